The highest BCUT2D eigenvalue weighted by atomic mass is 16.6. The van der Waals surface area contributed by atoms with E-state index in [0.29, 0.717) is 37.7 Å². The second-order valence-electron chi connectivity index (χ2n) is 6.31. The van der Waals surface area contributed by atoms with Crippen LogP contribution in [0, 0.1) is 5.92 Å². The van der Waals surface area contributed by atoms with Crippen molar-refractivity contribution in [2.24, 2.45) is 5.92 Å². The summed E-state index contributed by atoms with van der Waals surface area (Å²) in [6.07, 6.45) is 4.42. The number of hydrogen-bond acceptors (Lipinski definition) is 6. The Balaban J connectivity index is 1.53. The van der Waals surface area contributed by atoms with E-state index >= 15 is 0 Å². The van der Waals surface area contributed by atoms with Gasteiger partial charge >= 0.3 is 12.1 Å². The van der Waals surface area contributed by atoms with Crippen molar-refractivity contribution in [3.05, 3.63) is 29.6 Å². The Hall–Kier alpha value is -2.64. The topological polar surface area (TPSA) is 89.0 Å². The molecule has 2 fully saturated rings. The minimum absolute atomic E-state index is 0.0530. The van der Waals surface area contributed by atoms with Gasteiger partial charge < -0.3 is 14.4 Å². The number of likely N-dealkylation sites (tertiary alicyclic amines) is 1. The van der Waals surface area contributed by atoms with Crippen LogP contribution in [0.5, 0.6) is 0 Å². The smallest absolute Gasteiger partial charge is 0.410 e. The van der Waals surface area contributed by atoms with Crippen LogP contribution < -0.4 is 0 Å². The van der Waals surface area contributed by atoms with Gasteiger partial charge in [-0.2, -0.15) is 0 Å². The van der Waals surface area contributed by atoms with Crippen LogP contribution in [0.1, 0.15) is 22.3 Å². The van der Waals surface area contributed by atoms with Gasteiger partial charge in [0.1, 0.15) is 13.2 Å². The van der Waals surface area contributed by atoms with Gasteiger partial charge in [0.25, 0.3) is 0 Å². The van der Waals surface area contributed by atoms with Crippen molar-refractivity contribution < 1.29 is 23.9 Å². The largest absolute Gasteiger partial charge is 0.465 e. The number of methoxy groups -OCH3 is 1. The zero-order chi connectivity index (χ0) is 17.8. The molecule has 0 spiro atoms. The van der Waals surface area contributed by atoms with E-state index in [0.717, 1.165) is 18.4 Å². The first-order valence-corrected chi connectivity index (χ1v) is 8.28. The van der Waals surface area contributed by atoms with Gasteiger partial charge in [-0.1, -0.05) is 0 Å². The van der Waals surface area contributed by atoms with Crippen LogP contribution in [0.2, 0.25) is 0 Å². The van der Waals surface area contributed by atoms with Gasteiger partial charge in [-0.15, -0.1) is 0 Å². The average molecular weight is 347 g/mol. The van der Waals surface area contributed by atoms with Gasteiger partial charge in [-0.25, -0.2) is 9.59 Å². The molecule has 2 saturated heterocycles. The molecule has 1 unspecified atom stereocenters. The summed E-state index contributed by atoms with van der Waals surface area (Å²) in [5.74, 6) is -0.151. The number of nitrogens with zero attached hydrogens (tertiary/aromatic N) is 3. The molecule has 2 aliphatic heterocycles. The molecule has 0 bridgehead atoms. The molecule has 3 rings (SSSR count). The number of amides is 2. The number of carbonyl (C=O) groups is 3. The van der Waals surface area contributed by atoms with Gasteiger partial charge in [-0.05, 0) is 30.4 Å². The summed E-state index contributed by atoms with van der Waals surface area (Å²) < 4.78 is 9.55. The first kappa shape index (κ1) is 17.2. The lowest BCUT2D eigenvalue weighted by atomic mass is 9.99. The third-order valence-electron chi connectivity index (χ3n) is 4.55. The Labute approximate surface area is 145 Å². The van der Waals surface area contributed by atoms with Gasteiger partial charge in [0, 0.05) is 25.5 Å². The van der Waals surface area contributed by atoms with Crippen LogP contribution in [0.4, 0.5) is 4.79 Å². The fraction of sp³-hybridized carbons (Fsp3) is 0.529. The second-order valence-corrected chi connectivity index (χ2v) is 6.31. The molecule has 25 heavy (non-hydrogen) atoms. The molecular weight excluding hydrogens is 326 g/mol. The highest BCUT2D eigenvalue weighted by Crippen LogP contribution is 2.21. The van der Waals surface area contributed by atoms with Crippen molar-refractivity contribution in [1.29, 1.82) is 0 Å². The normalized spacial score (nSPS) is 19.9. The number of hydrogen-bond donors (Lipinski definition) is 0. The minimum Gasteiger partial charge on any atom is -0.465 e. The van der Waals surface area contributed by atoms with Crippen molar-refractivity contribution in [2.75, 3.05) is 39.9 Å². The van der Waals surface area contributed by atoms with Crippen LogP contribution in [-0.4, -0.2) is 72.6 Å². The van der Waals surface area contributed by atoms with Gasteiger partial charge in [0.15, 0.2) is 0 Å². The lowest BCUT2D eigenvalue weighted by Crippen LogP contribution is -2.39. The summed E-state index contributed by atoms with van der Waals surface area (Å²) in [7, 11) is 1.34. The Morgan fingerprint density at radius 3 is 2.92 bits per heavy atom. The molecule has 8 heteroatoms. The van der Waals surface area contributed by atoms with E-state index < -0.39 is 12.1 Å². The van der Waals surface area contributed by atoms with Crippen LogP contribution in [0.25, 0.3) is 0 Å². The highest BCUT2D eigenvalue weighted by molar-refractivity contribution is 5.89. The first-order valence-electron chi connectivity index (χ1n) is 8.28. The molecule has 1 aromatic rings. The summed E-state index contributed by atoms with van der Waals surface area (Å²) >= 11 is 0. The zero-order valence-corrected chi connectivity index (χ0v) is 14.1. The molecule has 8 nitrogen and oxygen atoms in total. The Kier molecular flexibility index (Phi) is 5.16. The number of rotatable bonds is 5. The van der Waals surface area contributed by atoms with E-state index in [1.54, 1.807) is 17.2 Å². The molecule has 0 aliphatic carbocycles. The average Bonchev–Trinajstić information content (AvgIpc) is 3.24. The Morgan fingerprint density at radius 1 is 1.36 bits per heavy atom. The minimum atomic E-state index is -0.421. The first-order chi connectivity index (χ1) is 12.1. The van der Waals surface area contributed by atoms with E-state index in [-0.39, 0.29) is 12.5 Å². The summed E-state index contributed by atoms with van der Waals surface area (Å²) in [5, 5.41) is 0. The number of pyridine rings is 1. The van der Waals surface area contributed by atoms with Crippen LogP contribution in [0.15, 0.2) is 18.5 Å². The van der Waals surface area contributed by atoms with Crippen LogP contribution in [0.3, 0.4) is 0 Å². The lowest BCUT2D eigenvalue weighted by Gasteiger charge is -2.20. The van der Waals surface area contributed by atoms with E-state index in [9.17, 15) is 14.4 Å². The van der Waals surface area contributed by atoms with Crippen molar-refractivity contribution in [1.82, 2.24) is 14.8 Å². The Bertz CT molecular complexity index is 678. The number of aromatic nitrogens is 1. The molecule has 3 heterocycles. The number of carbonyl (C=O) groups excluding carboxylic acids is 3. The van der Waals surface area contributed by atoms with E-state index in [2.05, 4.69) is 4.98 Å². The number of cyclic esters (lactones) is 1. The van der Waals surface area contributed by atoms with Gasteiger partial charge in [0.05, 0.1) is 19.2 Å². The fourth-order valence-corrected chi connectivity index (χ4v) is 3.22. The molecule has 0 aromatic carbocycles. The van der Waals surface area contributed by atoms with Crippen LogP contribution in [-0.2, 0) is 20.7 Å². The van der Waals surface area contributed by atoms with Crippen molar-refractivity contribution in [3.63, 3.8) is 0 Å². The summed E-state index contributed by atoms with van der Waals surface area (Å²) in [6, 6.07) is 1.78. The van der Waals surface area contributed by atoms with Crippen molar-refractivity contribution in [3.8, 4) is 0 Å². The molecule has 0 N–H and O–H groups in total. The third kappa shape index (κ3) is 4.07. The maximum absolute atomic E-state index is 12.3. The zero-order valence-electron chi connectivity index (χ0n) is 14.1. The lowest BCUT2D eigenvalue weighted by molar-refractivity contribution is -0.130. The monoisotopic (exact) mass is 347 g/mol. The molecule has 2 amide bonds. The van der Waals surface area contributed by atoms with Gasteiger partial charge in [0.2, 0.25) is 5.91 Å². The predicted molar refractivity (Wildman–Crippen MR) is 86.9 cm³/mol. The van der Waals surface area contributed by atoms with E-state index in [1.807, 2.05) is 0 Å². The summed E-state index contributed by atoms with van der Waals surface area (Å²) in [6.45, 7) is 2.21. The molecule has 1 aromatic heterocycles. The molecule has 134 valence electrons. The standard InChI is InChI=1S/C17H21N3O5/c1-24-16(22)14-7-13(8-18-9-14)6-12-2-3-19(10-12)15(21)11-20-4-5-25-17(20)23/h7-9,12H,2-6,10-11H2,1H3. The summed E-state index contributed by atoms with van der Waals surface area (Å²) in [5.41, 5.74) is 1.38. The van der Waals surface area contributed by atoms with Crippen molar-refractivity contribution in [2.45, 2.75) is 12.8 Å². The van der Waals surface area contributed by atoms with Crippen LogP contribution >= 0.6 is 0 Å². The maximum Gasteiger partial charge on any atom is 0.410 e. The fourth-order valence-electron chi connectivity index (χ4n) is 3.22. The summed E-state index contributed by atoms with van der Waals surface area (Å²) in [4.78, 5) is 42.6. The molecule has 0 radical (unpaired) electrons. The molecular formula is C17H21N3O5. The molecule has 2 aliphatic rings. The molecule has 1 atom stereocenters. The third-order valence-corrected chi connectivity index (χ3v) is 4.55. The second kappa shape index (κ2) is 7.50. The molecule has 0 saturated carbocycles. The predicted octanol–water partition coefficient (Wildman–Crippen LogP) is 0.711. The van der Waals surface area contributed by atoms with E-state index in [1.165, 1.54) is 18.2 Å². The number of esters is 1. The van der Waals surface area contributed by atoms with Crippen molar-refractivity contribution >= 4 is 18.0 Å². The number of ether oxygens (including phenoxy) is 2. The SMILES string of the molecule is COC(=O)c1cncc(CC2CCN(C(=O)CN3CCOC3=O)C2)c1. The quantitative estimate of drug-likeness (QED) is 0.729. The maximum atomic E-state index is 12.3. The highest BCUT2D eigenvalue weighted by Gasteiger charge is 2.30. The van der Waals surface area contributed by atoms with E-state index in [4.69, 9.17) is 9.47 Å². The Morgan fingerprint density at radius 2 is 2.20 bits per heavy atom. The van der Waals surface area contributed by atoms with Gasteiger partial charge in [-0.3, -0.25) is 14.7 Å².